The molecule has 1 aliphatic heterocycles. The number of carbonyl (C=O) groups is 1. The van der Waals surface area contributed by atoms with Gasteiger partial charge in [-0.3, -0.25) is 9.79 Å². The molecular formula is C28H27N5O2S. The molecule has 182 valence electrons. The number of amides is 1. The molecular weight excluding hydrogens is 470 g/mol. The Kier molecular flexibility index (Phi) is 6.95. The van der Waals surface area contributed by atoms with Crippen LogP contribution in [0.25, 0.3) is 11.3 Å². The predicted octanol–water partition coefficient (Wildman–Crippen LogP) is 4.64. The summed E-state index contributed by atoms with van der Waals surface area (Å²) in [6.45, 7) is 0.692. The molecule has 0 unspecified atom stereocenters. The molecule has 0 bridgehead atoms. The van der Waals surface area contributed by atoms with E-state index in [1.54, 1.807) is 11.3 Å². The van der Waals surface area contributed by atoms with E-state index in [0.29, 0.717) is 18.0 Å². The van der Waals surface area contributed by atoms with Gasteiger partial charge in [0.1, 0.15) is 5.75 Å². The van der Waals surface area contributed by atoms with Crippen LogP contribution in [0.1, 0.15) is 11.1 Å². The van der Waals surface area contributed by atoms with E-state index >= 15 is 0 Å². The van der Waals surface area contributed by atoms with Crippen molar-refractivity contribution in [1.29, 1.82) is 0 Å². The van der Waals surface area contributed by atoms with Crippen LogP contribution in [0.2, 0.25) is 0 Å². The van der Waals surface area contributed by atoms with Gasteiger partial charge in [-0.25, -0.2) is 4.68 Å². The average molecular weight is 498 g/mol. The fourth-order valence-corrected chi connectivity index (χ4v) is 4.73. The first-order chi connectivity index (χ1) is 17.6. The lowest BCUT2D eigenvalue weighted by molar-refractivity contribution is -0.118. The monoisotopic (exact) mass is 497 g/mol. The fourth-order valence-electron chi connectivity index (χ4n) is 3.87. The van der Waals surface area contributed by atoms with Crippen molar-refractivity contribution in [2.75, 3.05) is 37.5 Å². The molecule has 4 aromatic rings. The molecule has 1 aromatic heterocycles. The van der Waals surface area contributed by atoms with Gasteiger partial charge in [-0.05, 0) is 47.9 Å². The maximum atomic E-state index is 11.8. The number of ether oxygens (including phenoxy) is 1. The van der Waals surface area contributed by atoms with Crippen LogP contribution >= 0.6 is 11.3 Å². The van der Waals surface area contributed by atoms with Gasteiger partial charge in [-0.1, -0.05) is 42.5 Å². The standard InChI is InChI=1S/C28H27N5O2S/c1-32(2)23-11-8-21(9-12-23)17-30-33-25(22-10-13-26-24(16-22)31-27(34)18-35-26)19-36-28(33)29-15-14-20-6-4-3-5-7-20/h3-13,16-17,19H,14-15,18H2,1-2H3,(H,31,34). The summed E-state index contributed by atoms with van der Waals surface area (Å²) in [7, 11) is 4.04. The normalized spacial score (nSPS) is 13.4. The molecule has 1 aliphatic rings. The fraction of sp³-hybridized carbons (Fsp3) is 0.179. The van der Waals surface area contributed by atoms with E-state index in [-0.39, 0.29) is 12.5 Å². The quantitative estimate of drug-likeness (QED) is 0.378. The van der Waals surface area contributed by atoms with Crippen LogP contribution in [-0.2, 0) is 11.2 Å². The number of carbonyl (C=O) groups excluding carboxylic acids is 1. The van der Waals surface area contributed by atoms with E-state index in [2.05, 4.69) is 34.5 Å². The van der Waals surface area contributed by atoms with Crippen LogP contribution in [-0.4, -0.2) is 44.0 Å². The van der Waals surface area contributed by atoms with Crippen LogP contribution in [0.3, 0.4) is 0 Å². The lowest BCUT2D eigenvalue weighted by Gasteiger charge is -2.18. The molecule has 3 aromatic carbocycles. The lowest BCUT2D eigenvalue weighted by Crippen LogP contribution is -2.25. The molecule has 8 heteroatoms. The Balaban J connectivity index is 1.49. The minimum atomic E-state index is -0.159. The molecule has 0 spiro atoms. The SMILES string of the molecule is CN(C)c1ccc(C=Nn2c(-c3ccc4c(c3)NC(=O)CO4)csc2=NCCc2ccccc2)cc1. The minimum Gasteiger partial charge on any atom is -0.482 e. The zero-order valence-corrected chi connectivity index (χ0v) is 21.0. The molecule has 2 heterocycles. The summed E-state index contributed by atoms with van der Waals surface area (Å²) >= 11 is 1.54. The molecule has 1 N–H and O–H groups in total. The molecule has 0 fully saturated rings. The molecule has 1 amide bonds. The summed E-state index contributed by atoms with van der Waals surface area (Å²) in [6, 6.07) is 24.3. The maximum Gasteiger partial charge on any atom is 0.262 e. The summed E-state index contributed by atoms with van der Waals surface area (Å²) in [4.78, 5) is 19.6. The van der Waals surface area contributed by atoms with Gasteiger partial charge < -0.3 is 15.0 Å². The zero-order valence-electron chi connectivity index (χ0n) is 20.2. The number of anilines is 2. The Bertz CT molecular complexity index is 1450. The molecule has 0 saturated carbocycles. The molecule has 5 rings (SSSR count). The molecule has 0 atom stereocenters. The third-order valence-corrected chi connectivity index (χ3v) is 6.67. The third kappa shape index (κ3) is 5.39. The van der Waals surface area contributed by atoms with Gasteiger partial charge in [0.25, 0.3) is 5.91 Å². The number of aromatic nitrogens is 1. The first-order valence-corrected chi connectivity index (χ1v) is 12.6. The predicted molar refractivity (Wildman–Crippen MR) is 146 cm³/mol. The summed E-state index contributed by atoms with van der Waals surface area (Å²) in [5.41, 5.74) is 5.84. The largest absolute Gasteiger partial charge is 0.482 e. The van der Waals surface area contributed by atoms with Gasteiger partial charge >= 0.3 is 0 Å². The van der Waals surface area contributed by atoms with Gasteiger partial charge in [0.05, 0.1) is 17.6 Å². The Labute approximate surface area is 214 Å². The van der Waals surface area contributed by atoms with Crippen molar-refractivity contribution in [3.05, 3.63) is 94.1 Å². The van der Waals surface area contributed by atoms with E-state index in [0.717, 1.165) is 33.7 Å². The molecule has 0 radical (unpaired) electrons. The number of nitrogens with one attached hydrogen (secondary N) is 1. The molecule has 0 saturated heterocycles. The second-order valence-electron chi connectivity index (χ2n) is 8.61. The molecule has 0 aliphatic carbocycles. The number of nitrogens with zero attached hydrogens (tertiary/aromatic N) is 4. The van der Waals surface area contributed by atoms with E-state index < -0.39 is 0 Å². The van der Waals surface area contributed by atoms with Gasteiger partial charge in [0, 0.05) is 37.3 Å². The number of thiazole rings is 1. The van der Waals surface area contributed by atoms with Crippen LogP contribution in [0.15, 0.2) is 88.3 Å². The summed E-state index contributed by atoms with van der Waals surface area (Å²) < 4.78 is 7.38. The van der Waals surface area contributed by atoms with Gasteiger partial charge in [0.2, 0.25) is 4.80 Å². The van der Waals surface area contributed by atoms with E-state index in [9.17, 15) is 4.79 Å². The highest BCUT2D eigenvalue weighted by atomic mass is 32.1. The molecule has 7 nitrogen and oxygen atoms in total. The van der Waals surface area contributed by atoms with Gasteiger partial charge in [0.15, 0.2) is 6.61 Å². The zero-order chi connectivity index (χ0) is 24.9. The highest BCUT2D eigenvalue weighted by molar-refractivity contribution is 7.07. The Morgan fingerprint density at radius 2 is 1.89 bits per heavy atom. The van der Waals surface area contributed by atoms with Crippen molar-refractivity contribution in [3.63, 3.8) is 0 Å². The third-order valence-electron chi connectivity index (χ3n) is 5.82. The van der Waals surface area contributed by atoms with Crippen molar-refractivity contribution in [2.24, 2.45) is 10.1 Å². The Morgan fingerprint density at radius 1 is 1.08 bits per heavy atom. The van der Waals surface area contributed by atoms with E-state index in [4.69, 9.17) is 14.8 Å². The summed E-state index contributed by atoms with van der Waals surface area (Å²) in [5.74, 6) is 0.506. The van der Waals surface area contributed by atoms with E-state index in [1.165, 1.54) is 5.56 Å². The number of hydrogen-bond acceptors (Lipinski definition) is 6. The van der Waals surface area contributed by atoms with Gasteiger partial charge in [-0.2, -0.15) is 5.10 Å². The highest BCUT2D eigenvalue weighted by Crippen LogP contribution is 2.32. The maximum absolute atomic E-state index is 11.8. The Hall–Kier alpha value is -4.17. The Morgan fingerprint density at radius 3 is 2.67 bits per heavy atom. The van der Waals surface area contributed by atoms with Crippen LogP contribution in [0, 0.1) is 0 Å². The van der Waals surface area contributed by atoms with Crippen LogP contribution in [0.4, 0.5) is 11.4 Å². The smallest absolute Gasteiger partial charge is 0.262 e. The number of hydrogen-bond donors (Lipinski definition) is 1. The average Bonchev–Trinajstić information content (AvgIpc) is 3.30. The number of benzene rings is 3. The van der Waals surface area contributed by atoms with Crippen molar-refractivity contribution in [1.82, 2.24) is 4.68 Å². The topological polar surface area (TPSA) is 71.2 Å². The van der Waals surface area contributed by atoms with E-state index in [1.807, 2.05) is 78.9 Å². The molecule has 36 heavy (non-hydrogen) atoms. The first-order valence-electron chi connectivity index (χ1n) is 11.7. The number of rotatable bonds is 7. The number of fused-ring (bicyclic) bond motifs is 1. The van der Waals surface area contributed by atoms with Crippen molar-refractivity contribution < 1.29 is 9.53 Å². The second kappa shape index (κ2) is 10.6. The van der Waals surface area contributed by atoms with Crippen LogP contribution < -0.4 is 19.8 Å². The minimum absolute atomic E-state index is 0.0339. The summed E-state index contributed by atoms with van der Waals surface area (Å²) in [6.07, 6.45) is 2.70. The van der Waals surface area contributed by atoms with Gasteiger partial charge in [-0.15, -0.1) is 11.3 Å². The lowest BCUT2D eigenvalue weighted by atomic mass is 10.1. The van der Waals surface area contributed by atoms with Crippen molar-refractivity contribution in [2.45, 2.75) is 6.42 Å². The summed E-state index contributed by atoms with van der Waals surface area (Å²) in [5, 5.41) is 9.74. The first kappa shape index (κ1) is 23.6. The highest BCUT2D eigenvalue weighted by Gasteiger charge is 2.17. The van der Waals surface area contributed by atoms with Crippen molar-refractivity contribution >= 4 is 34.8 Å². The second-order valence-corrected chi connectivity index (χ2v) is 9.45. The van der Waals surface area contributed by atoms with Crippen LogP contribution in [0.5, 0.6) is 5.75 Å². The van der Waals surface area contributed by atoms with Crippen molar-refractivity contribution in [3.8, 4) is 17.0 Å².